The van der Waals surface area contributed by atoms with Gasteiger partial charge in [0.05, 0.1) is 4.53 Å². The number of nitrogens with zero attached hydrogens (tertiary/aromatic N) is 1. The van der Waals surface area contributed by atoms with E-state index in [2.05, 4.69) is 5.32 Å². The number of halogens is 1. The Morgan fingerprint density at radius 2 is 1.78 bits per heavy atom. The lowest BCUT2D eigenvalue weighted by atomic mass is 10.1. The van der Waals surface area contributed by atoms with Crippen molar-refractivity contribution in [1.82, 2.24) is 9.88 Å². The van der Waals surface area contributed by atoms with Crippen LogP contribution in [-0.4, -0.2) is 22.3 Å². The molecule has 3 rings (SSSR count). The van der Waals surface area contributed by atoms with E-state index in [1.54, 1.807) is 30.3 Å². The van der Waals surface area contributed by atoms with Crippen LogP contribution in [0.4, 0.5) is 0 Å². The van der Waals surface area contributed by atoms with E-state index in [1.165, 1.54) is 22.0 Å². The van der Waals surface area contributed by atoms with E-state index >= 15 is 0 Å². The Kier molecular flexibility index (Phi) is 7.83. The summed E-state index contributed by atoms with van der Waals surface area (Å²) in [5, 5.41) is 3.40. The van der Waals surface area contributed by atoms with Crippen LogP contribution in [0.3, 0.4) is 0 Å². The van der Waals surface area contributed by atoms with Crippen molar-refractivity contribution in [1.29, 1.82) is 0 Å². The van der Waals surface area contributed by atoms with Gasteiger partial charge in [0.25, 0.3) is 5.56 Å². The molecule has 0 aliphatic rings. The highest BCUT2D eigenvalue weighted by Crippen LogP contribution is 2.10. The second kappa shape index (κ2) is 10.6. The van der Waals surface area contributed by atoms with E-state index in [1.807, 2.05) is 45.0 Å². The van der Waals surface area contributed by atoms with Crippen LogP contribution in [0, 0.1) is 6.92 Å². The average molecular weight is 469 g/mol. The fraction of sp³-hybridized carbons (Fsp3) is 0.240. The number of thiazole rings is 1. The molecule has 5 nitrogen and oxygen atoms in total. The monoisotopic (exact) mass is 468 g/mol. The number of rotatable bonds is 7. The molecule has 7 heteroatoms. The molecule has 0 saturated carbocycles. The van der Waals surface area contributed by atoms with Gasteiger partial charge in [0.1, 0.15) is 11.2 Å². The summed E-state index contributed by atoms with van der Waals surface area (Å²) in [6.07, 6.45) is 3.96. The summed E-state index contributed by atoms with van der Waals surface area (Å²) in [5.41, 5.74) is 2.15. The molecule has 32 heavy (non-hydrogen) atoms. The average Bonchev–Trinajstić information content (AvgIpc) is 3.04. The van der Waals surface area contributed by atoms with Crippen LogP contribution in [-0.2, 0) is 11.3 Å². The highest BCUT2D eigenvalue weighted by molar-refractivity contribution is 7.07. The maximum Gasteiger partial charge on any atom is 0.269 e. The minimum absolute atomic E-state index is 0.00134. The van der Waals surface area contributed by atoms with Crippen molar-refractivity contribution in [3.05, 3.63) is 89.8 Å². The van der Waals surface area contributed by atoms with E-state index in [4.69, 9.17) is 11.6 Å². The molecule has 0 saturated heterocycles. The van der Waals surface area contributed by atoms with Gasteiger partial charge in [-0.3, -0.25) is 19.0 Å². The number of hydrogen-bond donors (Lipinski definition) is 1. The molecular formula is C25H25ClN2O3S. The lowest BCUT2D eigenvalue weighted by Crippen LogP contribution is -2.40. The lowest BCUT2D eigenvalue weighted by molar-refractivity contribution is -0.122. The lowest BCUT2D eigenvalue weighted by Gasteiger charge is -2.11. The third-order valence-electron chi connectivity index (χ3n) is 5.02. The molecular weight excluding hydrogens is 444 g/mol. The zero-order valence-electron chi connectivity index (χ0n) is 18.2. The summed E-state index contributed by atoms with van der Waals surface area (Å²) >= 11 is 7.10. The quantitative estimate of drug-likeness (QED) is 0.541. The molecule has 0 aliphatic carbocycles. The number of nitrogens with one attached hydrogen (secondary N) is 1. The van der Waals surface area contributed by atoms with Gasteiger partial charge in [0.15, 0.2) is 5.78 Å². The minimum Gasteiger partial charge on any atom is -0.352 e. The molecule has 1 amide bonds. The smallest absolute Gasteiger partial charge is 0.269 e. The molecule has 1 N–H and O–H groups in total. The Hall–Kier alpha value is -2.96. The number of ketones is 1. The highest BCUT2D eigenvalue weighted by Gasteiger charge is 2.13. The van der Waals surface area contributed by atoms with Gasteiger partial charge >= 0.3 is 0 Å². The van der Waals surface area contributed by atoms with Crippen molar-refractivity contribution in [2.24, 2.45) is 0 Å². The first-order valence-electron chi connectivity index (χ1n) is 10.4. The number of carbonyl (C=O) groups is 2. The number of benzene rings is 2. The fourth-order valence-electron chi connectivity index (χ4n) is 2.98. The largest absolute Gasteiger partial charge is 0.352 e. The molecule has 0 fully saturated rings. The summed E-state index contributed by atoms with van der Waals surface area (Å²) in [6, 6.07) is 14.3. The van der Waals surface area contributed by atoms with Crippen LogP contribution in [0.2, 0.25) is 5.02 Å². The highest BCUT2D eigenvalue weighted by atomic mass is 35.5. The van der Waals surface area contributed by atoms with Gasteiger partial charge in [-0.2, -0.15) is 0 Å². The Bertz CT molecular complexity index is 1290. The van der Waals surface area contributed by atoms with Crippen LogP contribution in [0.1, 0.15) is 41.8 Å². The molecule has 166 valence electrons. The van der Waals surface area contributed by atoms with Gasteiger partial charge in [-0.05, 0) is 56.2 Å². The minimum atomic E-state index is -0.301. The van der Waals surface area contributed by atoms with E-state index < -0.39 is 0 Å². The fourth-order valence-corrected chi connectivity index (χ4v) is 4.15. The van der Waals surface area contributed by atoms with Crippen LogP contribution in [0.5, 0.6) is 0 Å². The SMILES string of the molecule is CCC(C)NC(=O)Cn1c(=O)/c(=C/c2ccc(C)cc2)s/c1=C\C(=O)c1ccc(Cl)cc1. The summed E-state index contributed by atoms with van der Waals surface area (Å²) in [6.45, 7) is 5.72. The maximum absolute atomic E-state index is 13.1. The molecule has 0 bridgehead atoms. The van der Waals surface area contributed by atoms with Gasteiger partial charge in [-0.15, -0.1) is 11.3 Å². The summed E-state index contributed by atoms with van der Waals surface area (Å²) in [7, 11) is 0. The van der Waals surface area contributed by atoms with Gasteiger partial charge < -0.3 is 5.32 Å². The molecule has 0 spiro atoms. The standard InChI is InChI=1S/C25H25ClN2O3S/c1-4-17(3)27-23(30)15-28-24(14-21(29)19-9-11-20(26)12-10-19)32-22(25(28)31)13-18-7-5-16(2)6-8-18/h5-14,17H,4,15H2,1-3H3,(H,27,30)/b22-13-,24-14-. The zero-order chi connectivity index (χ0) is 23.3. The van der Waals surface area contributed by atoms with E-state index in [-0.39, 0.29) is 29.8 Å². The first kappa shape index (κ1) is 23.7. The predicted molar refractivity (Wildman–Crippen MR) is 131 cm³/mol. The first-order valence-corrected chi connectivity index (χ1v) is 11.5. The number of amides is 1. The van der Waals surface area contributed by atoms with Crippen LogP contribution in [0.15, 0.2) is 53.3 Å². The Morgan fingerprint density at radius 3 is 2.41 bits per heavy atom. The molecule has 1 aromatic heterocycles. The summed E-state index contributed by atoms with van der Waals surface area (Å²) in [5.74, 6) is -0.532. The summed E-state index contributed by atoms with van der Waals surface area (Å²) in [4.78, 5) is 38.4. The second-order valence-electron chi connectivity index (χ2n) is 7.64. The Morgan fingerprint density at radius 1 is 1.12 bits per heavy atom. The molecule has 1 atom stereocenters. The van der Waals surface area contributed by atoms with E-state index in [0.717, 1.165) is 17.5 Å². The van der Waals surface area contributed by atoms with Crippen LogP contribution in [0.25, 0.3) is 12.2 Å². The molecule has 0 radical (unpaired) electrons. The van der Waals surface area contributed by atoms with Gasteiger partial charge in [-0.25, -0.2) is 0 Å². The van der Waals surface area contributed by atoms with Crippen LogP contribution < -0.4 is 20.1 Å². The number of aromatic nitrogens is 1. The van der Waals surface area contributed by atoms with E-state index in [0.29, 0.717) is 19.8 Å². The van der Waals surface area contributed by atoms with Gasteiger partial charge in [0.2, 0.25) is 5.91 Å². The van der Waals surface area contributed by atoms with Crippen molar-refractivity contribution >= 4 is 46.8 Å². The van der Waals surface area contributed by atoms with Crippen molar-refractivity contribution in [2.75, 3.05) is 0 Å². The molecule has 1 unspecified atom stereocenters. The van der Waals surface area contributed by atoms with Crippen LogP contribution >= 0.6 is 22.9 Å². The molecule has 2 aromatic carbocycles. The van der Waals surface area contributed by atoms with Crippen molar-refractivity contribution in [2.45, 2.75) is 39.8 Å². The normalized spacial score (nSPS) is 13.2. The van der Waals surface area contributed by atoms with Crippen molar-refractivity contribution in [3.8, 4) is 0 Å². The second-order valence-corrected chi connectivity index (χ2v) is 9.14. The number of Topliss-reactive ketones (excluding diaryl/α,β-unsaturated/α-hetero) is 1. The van der Waals surface area contributed by atoms with Crippen molar-refractivity contribution < 1.29 is 9.59 Å². The third kappa shape index (κ3) is 6.05. The Balaban J connectivity index is 2.08. The van der Waals surface area contributed by atoms with Crippen molar-refractivity contribution in [3.63, 3.8) is 0 Å². The molecule has 0 aliphatic heterocycles. The Labute approximate surface area is 195 Å². The van der Waals surface area contributed by atoms with Gasteiger partial charge in [-0.1, -0.05) is 48.4 Å². The number of carbonyl (C=O) groups excluding carboxylic acids is 2. The third-order valence-corrected chi connectivity index (χ3v) is 6.33. The van der Waals surface area contributed by atoms with Gasteiger partial charge in [0, 0.05) is 22.7 Å². The first-order chi connectivity index (χ1) is 15.3. The number of hydrogen-bond acceptors (Lipinski definition) is 4. The maximum atomic E-state index is 13.1. The molecule has 1 heterocycles. The molecule has 3 aromatic rings. The predicted octanol–water partition coefficient (Wildman–Crippen LogP) is 3.28. The topological polar surface area (TPSA) is 68.2 Å². The summed E-state index contributed by atoms with van der Waals surface area (Å²) < 4.78 is 2.24. The number of aryl methyl sites for hydroxylation is 1. The van der Waals surface area contributed by atoms with E-state index in [9.17, 15) is 14.4 Å². The zero-order valence-corrected chi connectivity index (χ0v) is 19.8.